The lowest BCUT2D eigenvalue weighted by Crippen LogP contribution is -2.05. The number of alkyl halides is 3. The summed E-state index contributed by atoms with van der Waals surface area (Å²) in [4.78, 5) is 0. The summed E-state index contributed by atoms with van der Waals surface area (Å²) in [5.41, 5.74) is 0. The zero-order valence-electron chi connectivity index (χ0n) is 5.93. The molecule has 0 amide bonds. The van der Waals surface area contributed by atoms with Gasteiger partial charge in [-0.2, -0.15) is 0 Å². The first-order chi connectivity index (χ1) is 4.92. The highest BCUT2D eigenvalue weighted by Crippen LogP contribution is 2.31. The highest BCUT2D eigenvalue weighted by Gasteiger charge is 2.18. The molecule has 0 radical (unpaired) electrons. The summed E-state index contributed by atoms with van der Waals surface area (Å²) in [5.74, 6) is 0. The molecule has 0 aromatic heterocycles. The molecule has 0 saturated carbocycles. The Bertz CT molecular complexity index is 100. The van der Waals surface area contributed by atoms with Crippen molar-refractivity contribution in [1.82, 2.24) is 0 Å². The van der Waals surface area contributed by atoms with Crippen molar-refractivity contribution in [3.8, 4) is 0 Å². The molecule has 0 aliphatic rings. The fourth-order valence-corrected chi connectivity index (χ4v) is 1.05. The molecule has 0 spiro atoms. The summed E-state index contributed by atoms with van der Waals surface area (Å²) >= 11 is 16.4. The van der Waals surface area contributed by atoms with Crippen molar-refractivity contribution in [2.24, 2.45) is 0 Å². The molecule has 0 aliphatic carbocycles. The van der Waals surface area contributed by atoms with E-state index in [0.29, 0.717) is 25.7 Å². The Morgan fingerprint density at radius 2 is 1.64 bits per heavy atom. The summed E-state index contributed by atoms with van der Waals surface area (Å²) in [6, 6.07) is 0. The van der Waals surface area contributed by atoms with Gasteiger partial charge in [0.05, 0.1) is 0 Å². The van der Waals surface area contributed by atoms with Crippen molar-refractivity contribution in [1.29, 1.82) is 0 Å². The Hall–Kier alpha value is 0.790. The van der Waals surface area contributed by atoms with Gasteiger partial charge in [-0.15, -0.1) is 0 Å². The van der Waals surface area contributed by atoms with E-state index in [0.717, 1.165) is 0 Å². The van der Waals surface area contributed by atoms with Crippen LogP contribution in [-0.4, -0.2) is 20.3 Å². The molecule has 2 N–H and O–H groups in total. The Balaban J connectivity index is 3.15. The smallest absolute Gasteiger partial charge is 0.190 e. The van der Waals surface area contributed by atoms with Crippen molar-refractivity contribution in [2.75, 3.05) is 0 Å². The number of rotatable bonds is 4. The molecule has 11 heavy (non-hydrogen) atoms. The second kappa shape index (κ2) is 5.44. The average Bonchev–Trinajstić information content (AvgIpc) is 1.78. The van der Waals surface area contributed by atoms with Crippen LogP contribution in [0.5, 0.6) is 0 Å². The van der Waals surface area contributed by atoms with E-state index in [4.69, 9.17) is 45.0 Å². The number of aliphatic hydroxyl groups is 2. The molecule has 0 rings (SSSR count). The minimum atomic E-state index is -1.25. The predicted octanol–water partition coefficient (Wildman–Crippen LogP) is 2.23. The molecule has 0 atom stereocenters. The fourth-order valence-electron chi connectivity index (χ4n) is 0.652. The molecule has 0 heterocycles. The Morgan fingerprint density at radius 3 is 2.00 bits per heavy atom. The van der Waals surface area contributed by atoms with Crippen LogP contribution in [0.4, 0.5) is 0 Å². The lowest BCUT2D eigenvalue weighted by atomic mass is 10.2. The second-order valence-electron chi connectivity index (χ2n) is 2.34. The third-order valence-electron chi connectivity index (χ3n) is 1.17. The lowest BCUT2D eigenvalue weighted by molar-refractivity contribution is -0.0465. The van der Waals surface area contributed by atoms with Crippen LogP contribution in [0.2, 0.25) is 0 Å². The summed E-state index contributed by atoms with van der Waals surface area (Å²) in [5, 5.41) is 16.9. The first kappa shape index (κ1) is 11.8. The van der Waals surface area contributed by atoms with Gasteiger partial charge in [0.25, 0.3) is 0 Å². The molecule has 5 heteroatoms. The third kappa shape index (κ3) is 10.8. The molecule has 0 bridgehead atoms. The molecule has 68 valence electrons. The Morgan fingerprint density at radius 1 is 1.09 bits per heavy atom. The summed E-state index contributed by atoms with van der Waals surface area (Å²) < 4.78 is -1.21. The van der Waals surface area contributed by atoms with E-state index in [-0.39, 0.29) is 0 Å². The van der Waals surface area contributed by atoms with Gasteiger partial charge in [0.1, 0.15) is 0 Å². The maximum absolute atomic E-state index is 8.44. The molecule has 2 nitrogen and oxygen atoms in total. The van der Waals surface area contributed by atoms with Crippen LogP contribution in [0.3, 0.4) is 0 Å². The number of unbranched alkanes of at least 4 members (excludes halogenated alkanes) is 1. The van der Waals surface area contributed by atoms with Crippen LogP contribution in [0.25, 0.3) is 0 Å². The fraction of sp³-hybridized carbons (Fsp3) is 1.00. The molecule has 0 aliphatic heterocycles. The molecule has 0 unspecified atom stereocenters. The van der Waals surface area contributed by atoms with Gasteiger partial charge in [0.2, 0.25) is 0 Å². The highest BCUT2D eigenvalue weighted by atomic mass is 35.6. The van der Waals surface area contributed by atoms with Crippen LogP contribution in [-0.2, 0) is 0 Å². The van der Waals surface area contributed by atoms with Gasteiger partial charge in [0, 0.05) is 0 Å². The van der Waals surface area contributed by atoms with Gasteiger partial charge in [-0.1, -0.05) is 34.8 Å². The zero-order valence-corrected chi connectivity index (χ0v) is 8.20. The van der Waals surface area contributed by atoms with E-state index in [2.05, 4.69) is 0 Å². The first-order valence-corrected chi connectivity index (χ1v) is 4.48. The molecule has 0 aromatic carbocycles. The monoisotopic (exact) mass is 220 g/mol. The van der Waals surface area contributed by atoms with Gasteiger partial charge in [-0.05, 0) is 25.7 Å². The van der Waals surface area contributed by atoms with Crippen molar-refractivity contribution >= 4 is 34.8 Å². The van der Waals surface area contributed by atoms with Gasteiger partial charge >= 0.3 is 0 Å². The van der Waals surface area contributed by atoms with Gasteiger partial charge in [0.15, 0.2) is 10.1 Å². The number of aliphatic hydroxyl groups excluding tert-OH is 1. The van der Waals surface area contributed by atoms with E-state index in [1.807, 2.05) is 0 Å². The minimum absolute atomic E-state index is 0.334. The third-order valence-corrected chi connectivity index (χ3v) is 1.74. The van der Waals surface area contributed by atoms with Crippen molar-refractivity contribution in [3.05, 3.63) is 0 Å². The number of halogens is 3. The quantitative estimate of drug-likeness (QED) is 0.434. The van der Waals surface area contributed by atoms with E-state index in [1.54, 1.807) is 0 Å². The molecular weight excluding hydrogens is 210 g/mol. The molecular formula is C6H11Cl3O2. The summed E-state index contributed by atoms with van der Waals surface area (Å²) in [6.07, 6.45) is 0.885. The van der Waals surface area contributed by atoms with Crippen LogP contribution >= 0.6 is 34.8 Å². The number of hydrogen-bond donors (Lipinski definition) is 2. The topological polar surface area (TPSA) is 40.5 Å². The Labute approximate surface area is 81.1 Å². The van der Waals surface area contributed by atoms with Crippen LogP contribution in [0.15, 0.2) is 0 Å². The normalized spacial score (nSPS) is 12.5. The van der Waals surface area contributed by atoms with Crippen LogP contribution < -0.4 is 0 Å². The van der Waals surface area contributed by atoms with Gasteiger partial charge in [-0.3, -0.25) is 0 Å². The largest absolute Gasteiger partial charge is 0.368 e. The predicted molar refractivity (Wildman–Crippen MR) is 47.0 cm³/mol. The Kier molecular flexibility index (Phi) is 5.83. The SMILES string of the molecule is OC(O)CCCCC(Cl)(Cl)Cl. The van der Waals surface area contributed by atoms with Crippen molar-refractivity contribution in [3.63, 3.8) is 0 Å². The van der Waals surface area contributed by atoms with E-state index < -0.39 is 10.1 Å². The van der Waals surface area contributed by atoms with Gasteiger partial charge in [-0.25, -0.2) is 0 Å². The standard InChI is InChI=1S/C6H11Cl3O2/c7-6(8,9)4-2-1-3-5(10)11/h5,10-11H,1-4H2. The summed E-state index contributed by atoms with van der Waals surface area (Å²) in [6.45, 7) is 0. The van der Waals surface area contributed by atoms with Crippen molar-refractivity contribution in [2.45, 2.75) is 35.8 Å². The van der Waals surface area contributed by atoms with E-state index >= 15 is 0 Å². The van der Waals surface area contributed by atoms with E-state index in [9.17, 15) is 0 Å². The first-order valence-electron chi connectivity index (χ1n) is 3.35. The van der Waals surface area contributed by atoms with Crippen molar-refractivity contribution < 1.29 is 10.2 Å². The van der Waals surface area contributed by atoms with Crippen LogP contribution in [0.1, 0.15) is 25.7 Å². The maximum atomic E-state index is 8.44. The zero-order chi connectivity index (χ0) is 8.91. The lowest BCUT2D eigenvalue weighted by Gasteiger charge is -2.09. The maximum Gasteiger partial charge on any atom is 0.190 e. The molecule has 0 aromatic rings. The van der Waals surface area contributed by atoms with Crippen LogP contribution in [0, 0.1) is 0 Å². The summed E-state index contributed by atoms with van der Waals surface area (Å²) in [7, 11) is 0. The highest BCUT2D eigenvalue weighted by molar-refractivity contribution is 6.67. The van der Waals surface area contributed by atoms with E-state index in [1.165, 1.54) is 0 Å². The molecule has 0 saturated heterocycles. The van der Waals surface area contributed by atoms with Gasteiger partial charge < -0.3 is 10.2 Å². The molecule has 0 fully saturated rings. The second-order valence-corrected chi connectivity index (χ2v) is 4.86. The number of hydrogen-bond acceptors (Lipinski definition) is 2. The minimum Gasteiger partial charge on any atom is -0.368 e. The average molecular weight is 222 g/mol.